The first-order chi connectivity index (χ1) is 8.63. The van der Waals surface area contributed by atoms with Crippen molar-refractivity contribution in [1.29, 1.82) is 0 Å². The Kier molecular flexibility index (Phi) is 3.75. The molecule has 98 valence electrons. The fourth-order valence-electron chi connectivity index (χ4n) is 1.99. The van der Waals surface area contributed by atoms with E-state index in [0.717, 1.165) is 22.2 Å². The molecule has 0 atom stereocenters. The van der Waals surface area contributed by atoms with E-state index in [2.05, 4.69) is 4.98 Å². The third kappa shape index (κ3) is 2.56. The molecule has 0 unspecified atom stereocenters. The Morgan fingerprint density at radius 2 is 1.89 bits per heavy atom. The van der Waals surface area contributed by atoms with E-state index < -0.39 is 0 Å². The lowest BCUT2D eigenvalue weighted by atomic mass is 10.2. The van der Waals surface area contributed by atoms with E-state index in [4.69, 9.17) is 10.2 Å². The third-order valence-corrected chi connectivity index (χ3v) is 2.92. The molecule has 5 heteroatoms. The van der Waals surface area contributed by atoms with Gasteiger partial charge < -0.3 is 34.1 Å². The molecule has 0 aliphatic carbocycles. The number of fused-ring (bicyclic) bond motifs is 1. The molecule has 0 saturated heterocycles. The van der Waals surface area contributed by atoms with Gasteiger partial charge in [0.15, 0.2) is 18.0 Å². The molecule has 3 rings (SSSR count). The van der Waals surface area contributed by atoms with Gasteiger partial charge in [-0.25, -0.2) is 9.55 Å². The van der Waals surface area contributed by atoms with E-state index in [9.17, 15) is 0 Å². The SMILES string of the molecule is Cc1cc(N)cc2nc(-c3cc[n+](C)cc3)oc12.[I-]. The molecule has 0 amide bonds. The molecule has 0 fully saturated rings. The quantitative estimate of drug-likeness (QED) is 0.349. The molecule has 0 bridgehead atoms. The zero-order valence-corrected chi connectivity index (χ0v) is 12.9. The highest BCUT2D eigenvalue weighted by molar-refractivity contribution is 5.82. The van der Waals surface area contributed by atoms with Gasteiger partial charge >= 0.3 is 0 Å². The van der Waals surface area contributed by atoms with Gasteiger partial charge in [0.25, 0.3) is 0 Å². The molecule has 19 heavy (non-hydrogen) atoms. The van der Waals surface area contributed by atoms with Gasteiger partial charge in [-0.2, -0.15) is 0 Å². The van der Waals surface area contributed by atoms with Gasteiger partial charge in [0.05, 0.1) is 0 Å². The molecule has 3 aromatic rings. The minimum absolute atomic E-state index is 0. The van der Waals surface area contributed by atoms with Gasteiger partial charge in [0.1, 0.15) is 12.6 Å². The molecule has 1 aromatic carbocycles. The molecule has 0 aliphatic heterocycles. The summed E-state index contributed by atoms with van der Waals surface area (Å²) in [6.07, 6.45) is 3.93. The first-order valence-electron chi connectivity index (χ1n) is 5.76. The van der Waals surface area contributed by atoms with Crippen molar-refractivity contribution in [1.82, 2.24) is 4.98 Å². The lowest BCUT2D eigenvalue weighted by Crippen LogP contribution is -3.00. The molecule has 0 aliphatic rings. The number of nitrogen functional groups attached to an aromatic ring is 1. The predicted octanol–water partition coefficient (Wildman–Crippen LogP) is -0.786. The highest BCUT2D eigenvalue weighted by atomic mass is 127. The summed E-state index contributed by atoms with van der Waals surface area (Å²) in [5.41, 5.74) is 10.1. The van der Waals surface area contributed by atoms with Crippen molar-refractivity contribution in [3.05, 3.63) is 42.2 Å². The molecule has 0 spiro atoms. The lowest BCUT2D eigenvalue weighted by molar-refractivity contribution is -0.671. The van der Waals surface area contributed by atoms with E-state index in [1.807, 2.05) is 55.2 Å². The highest BCUT2D eigenvalue weighted by Gasteiger charge is 2.11. The van der Waals surface area contributed by atoms with Gasteiger partial charge in [0, 0.05) is 23.4 Å². The number of rotatable bonds is 1. The third-order valence-electron chi connectivity index (χ3n) is 2.92. The number of hydrogen-bond donors (Lipinski definition) is 1. The van der Waals surface area contributed by atoms with Crippen LogP contribution in [0.3, 0.4) is 0 Å². The van der Waals surface area contributed by atoms with E-state index in [1.165, 1.54) is 0 Å². The smallest absolute Gasteiger partial charge is 0.227 e. The second-order valence-electron chi connectivity index (χ2n) is 4.46. The fourth-order valence-corrected chi connectivity index (χ4v) is 1.99. The maximum Gasteiger partial charge on any atom is 0.227 e. The topological polar surface area (TPSA) is 55.9 Å². The van der Waals surface area contributed by atoms with Crippen molar-refractivity contribution in [2.75, 3.05) is 5.73 Å². The van der Waals surface area contributed by atoms with E-state index >= 15 is 0 Å². The minimum atomic E-state index is 0. The van der Waals surface area contributed by atoms with Crippen LogP contribution >= 0.6 is 0 Å². The largest absolute Gasteiger partial charge is 1.00 e. The average Bonchev–Trinajstić information content (AvgIpc) is 2.74. The number of nitrogens with two attached hydrogens (primary N) is 1. The highest BCUT2D eigenvalue weighted by Crippen LogP contribution is 2.27. The predicted molar refractivity (Wildman–Crippen MR) is 69.8 cm³/mol. The number of halogens is 1. The Morgan fingerprint density at radius 1 is 1.21 bits per heavy atom. The number of aryl methyl sites for hydroxylation is 2. The Balaban J connectivity index is 0.00000133. The van der Waals surface area contributed by atoms with Crippen LogP contribution < -0.4 is 34.3 Å². The fraction of sp³-hybridized carbons (Fsp3) is 0.143. The van der Waals surface area contributed by atoms with Crippen LogP contribution in [0.4, 0.5) is 5.69 Å². The van der Waals surface area contributed by atoms with Crippen molar-refractivity contribution in [2.24, 2.45) is 7.05 Å². The Bertz CT molecular complexity index is 719. The summed E-state index contributed by atoms with van der Waals surface area (Å²) in [7, 11) is 1.97. The molecule has 2 aromatic heterocycles. The van der Waals surface area contributed by atoms with Gasteiger partial charge in [-0.05, 0) is 24.6 Å². The van der Waals surface area contributed by atoms with Gasteiger partial charge in [0.2, 0.25) is 5.89 Å². The van der Waals surface area contributed by atoms with E-state index in [1.54, 1.807) is 0 Å². The number of benzene rings is 1. The normalized spacial score (nSPS) is 10.4. The van der Waals surface area contributed by atoms with Crippen molar-refractivity contribution >= 4 is 16.8 Å². The maximum absolute atomic E-state index is 5.81. The van der Waals surface area contributed by atoms with Crippen LogP contribution in [0.25, 0.3) is 22.6 Å². The number of aromatic nitrogens is 2. The summed E-state index contributed by atoms with van der Waals surface area (Å²) in [5.74, 6) is 0.624. The van der Waals surface area contributed by atoms with Crippen molar-refractivity contribution < 1.29 is 33.0 Å². The van der Waals surface area contributed by atoms with Crippen LogP contribution in [-0.2, 0) is 7.05 Å². The number of nitrogens with zero attached hydrogens (tertiary/aromatic N) is 2. The van der Waals surface area contributed by atoms with Crippen LogP contribution in [0.5, 0.6) is 0 Å². The molecule has 0 radical (unpaired) electrons. The van der Waals surface area contributed by atoms with E-state index in [0.29, 0.717) is 11.6 Å². The van der Waals surface area contributed by atoms with Gasteiger partial charge in [-0.1, -0.05) is 0 Å². The molecule has 0 saturated carbocycles. The number of anilines is 1. The Labute approximate surface area is 128 Å². The van der Waals surface area contributed by atoms with Crippen molar-refractivity contribution in [3.63, 3.8) is 0 Å². The zero-order chi connectivity index (χ0) is 12.7. The number of hydrogen-bond acceptors (Lipinski definition) is 3. The molecular weight excluding hydrogens is 353 g/mol. The monoisotopic (exact) mass is 367 g/mol. The Morgan fingerprint density at radius 3 is 2.58 bits per heavy atom. The van der Waals surface area contributed by atoms with Gasteiger partial charge in [-0.3, -0.25) is 0 Å². The second kappa shape index (κ2) is 5.16. The first-order valence-corrected chi connectivity index (χ1v) is 5.76. The summed E-state index contributed by atoms with van der Waals surface area (Å²) < 4.78 is 7.77. The zero-order valence-electron chi connectivity index (χ0n) is 10.7. The van der Waals surface area contributed by atoms with Crippen LogP contribution in [0.2, 0.25) is 0 Å². The van der Waals surface area contributed by atoms with Gasteiger partial charge in [-0.15, -0.1) is 0 Å². The van der Waals surface area contributed by atoms with E-state index in [-0.39, 0.29) is 24.0 Å². The van der Waals surface area contributed by atoms with Crippen molar-refractivity contribution in [2.45, 2.75) is 6.92 Å². The molecular formula is C14H14IN3O. The average molecular weight is 367 g/mol. The summed E-state index contributed by atoms with van der Waals surface area (Å²) >= 11 is 0. The van der Waals surface area contributed by atoms with Crippen molar-refractivity contribution in [3.8, 4) is 11.5 Å². The molecule has 2 N–H and O–H groups in total. The van der Waals surface area contributed by atoms with Crippen LogP contribution in [-0.4, -0.2) is 4.98 Å². The minimum Gasteiger partial charge on any atom is -1.00 e. The first kappa shape index (κ1) is 13.8. The second-order valence-corrected chi connectivity index (χ2v) is 4.46. The van der Waals surface area contributed by atoms with Crippen LogP contribution in [0, 0.1) is 6.92 Å². The van der Waals surface area contributed by atoms with Crippen LogP contribution in [0.1, 0.15) is 5.56 Å². The number of oxazole rings is 1. The number of pyridine rings is 1. The summed E-state index contributed by atoms with van der Waals surface area (Å²) in [6, 6.07) is 7.67. The standard InChI is InChI=1S/C14H14N3O.HI/c1-9-7-11(15)8-12-13(9)18-14(16-12)10-3-5-17(2)6-4-10;/h3-8H,15H2,1-2H3;1H/q+1;/p-1. The Hall–Kier alpha value is -1.63. The summed E-state index contributed by atoms with van der Waals surface area (Å²) in [6.45, 7) is 1.97. The van der Waals surface area contributed by atoms with Crippen LogP contribution in [0.15, 0.2) is 41.1 Å². The lowest BCUT2D eigenvalue weighted by Gasteiger charge is -1.95. The molecule has 2 heterocycles. The molecule has 4 nitrogen and oxygen atoms in total. The summed E-state index contributed by atoms with van der Waals surface area (Å²) in [5, 5.41) is 0. The maximum atomic E-state index is 5.81. The summed E-state index contributed by atoms with van der Waals surface area (Å²) in [4.78, 5) is 4.48.